The first-order chi connectivity index (χ1) is 16.2. The number of piperidine rings is 1. The van der Waals surface area contributed by atoms with Gasteiger partial charge in [-0.25, -0.2) is 9.97 Å². The number of nitrogens with one attached hydrogen (secondary N) is 1. The van der Waals surface area contributed by atoms with Crippen molar-refractivity contribution in [2.45, 2.75) is 25.7 Å². The molecule has 1 fully saturated rings. The zero-order chi connectivity index (χ0) is 24.7. The first-order valence-electron chi connectivity index (χ1n) is 10.9. The fourth-order valence-corrected chi connectivity index (χ4v) is 4.15. The van der Waals surface area contributed by atoms with Crippen molar-refractivity contribution < 1.29 is 14.7 Å². The van der Waals surface area contributed by atoms with Gasteiger partial charge in [-0.15, -0.1) is 0 Å². The molecule has 1 amide bonds. The van der Waals surface area contributed by atoms with Crippen LogP contribution in [0.2, 0.25) is 5.15 Å². The Kier molecular flexibility index (Phi) is 8.24. The Morgan fingerprint density at radius 2 is 1.82 bits per heavy atom. The predicted octanol–water partition coefficient (Wildman–Crippen LogP) is 1.14. The van der Waals surface area contributed by atoms with Crippen LogP contribution in [0.15, 0.2) is 35.3 Å². The molecule has 1 aliphatic rings. The van der Waals surface area contributed by atoms with E-state index >= 15 is 0 Å². The summed E-state index contributed by atoms with van der Waals surface area (Å²) in [7, 11) is 0. The maximum atomic E-state index is 12.5. The standard InChI is InChI=1S/C22H29ClN8O3/c23-17-19(25)29-18(24)16(28-17)20(34)30-21(26)27-13-22(7-6-14-4-2-1-3-5-14)8-10-31(11-9-22)12-15(32)33/h1-5H,6-13H2,(H,32,33)(H4,24,25,29)(H3,26,27,30,34). The second kappa shape index (κ2) is 11.1. The molecule has 0 unspecified atom stereocenters. The van der Waals surface area contributed by atoms with Gasteiger partial charge in [-0.2, -0.15) is 4.99 Å². The maximum Gasteiger partial charge on any atom is 0.317 e. The summed E-state index contributed by atoms with van der Waals surface area (Å²) in [5, 5.41) is 12.0. The van der Waals surface area contributed by atoms with Gasteiger partial charge in [0.05, 0.1) is 6.54 Å². The Morgan fingerprint density at radius 1 is 1.15 bits per heavy atom. The largest absolute Gasteiger partial charge is 0.480 e. The zero-order valence-electron chi connectivity index (χ0n) is 18.7. The van der Waals surface area contributed by atoms with E-state index in [4.69, 9.17) is 33.9 Å². The van der Waals surface area contributed by atoms with Crippen molar-refractivity contribution in [3.05, 3.63) is 46.7 Å². The van der Waals surface area contributed by atoms with Crippen LogP contribution in [-0.2, 0) is 11.2 Å². The summed E-state index contributed by atoms with van der Waals surface area (Å²) in [6.07, 6.45) is 3.31. The Hall–Kier alpha value is -3.44. The highest BCUT2D eigenvalue weighted by Gasteiger charge is 2.35. The van der Waals surface area contributed by atoms with Crippen LogP contribution >= 0.6 is 11.6 Å². The molecule has 0 radical (unpaired) electrons. The molecule has 11 nitrogen and oxygen atoms in total. The van der Waals surface area contributed by atoms with Gasteiger partial charge in [-0.3, -0.25) is 14.5 Å². The fraction of sp³-hybridized carbons (Fsp3) is 0.409. The molecule has 182 valence electrons. The Labute approximate surface area is 202 Å². The average Bonchev–Trinajstić information content (AvgIpc) is 2.80. The van der Waals surface area contributed by atoms with Crippen LogP contribution in [0.3, 0.4) is 0 Å². The number of carboxylic acid groups (broad SMARTS) is 1. The number of halogens is 1. The summed E-state index contributed by atoms with van der Waals surface area (Å²) >= 11 is 5.83. The van der Waals surface area contributed by atoms with Crippen molar-refractivity contribution in [2.24, 2.45) is 16.1 Å². The first kappa shape index (κ1) is 25.2. The topological polar surface area (TPSA) is 186 Å². The van der Waals surface area contributed by atoms with E-state index in [2.05, 4.69) is 32.4 Å². The molecule has 2 aromatic rings. The SMILES string of the molecule is NC(=NC(=O)c1nc(Cl)c(N)nc1N)NCC1(CCc2ccccc2)CCN(CC(=O)O)CC1. The molecule has 8 N–H and O–H groups in total. The first-order valence-corrected chi connectivity index (χ1v) is 11.2. The van der Waals surface area contributed by atoms with E-state index in [1.54, 1.807) is 0 Å². The summed E-state index contributed by atoms with van der Waals surface area (Å²) in [5.74, 6) is -1.97. The van der Waals surface area contributed by atoms with Crippen molar-refractivity contribution in [3.63, 3.8) is 0 Å². The molecule has 0 spiro atoms. The molecule has 3 rings (SSSR count). The number of anilines is 2. The smallest absolute Gasteiger partial charge is 0.317 e. The van der Waals surface area contributed by atoms with Crippen LogP contribution < -0.4 is 22.5 Å². The average molecular weight is 489 g/mol. The van der Waals surface area contributed by atoms with E-state index in [1.165, 1.54) is 5.56 Å². The lowest BCUT2D eigenvalue weighted by molar-refractivity contribution is -0.138. The Bertz CT molecular complexity index is 1060. The second-order valence-electron chi connectivity index (χ2n) is 8.44. The number of carboxylic acids is 1. The van der Waals surface area contributed by atoms with Crippen molar-refractivity contribution in [2.75, 3.05) is 37.6 Å². The highest BCUT2D eigenvalue weighted by molar-refractivity contribution is 6.31. The van der Waals surface area contributed by atoms with Crippen molar-refractivity contribution in [1.82, 2.24) is 20.2 Å². The van der Waals surface area contributed by atoms with Gasteiger partial charge in [0, 0.05) is 6.54 Å². The molecule has 1 aromatic carbocycles. The van der Waals surface area contributed by atoms with Crippen LogP contribution in [0.25, 0.3) is 0 Å². The number of nitrogens with zero attached hydrogens (tertiary/aromatic N) is 4. The molecule has 1 aromatic heterocycles. The number of aliphatic imine (C=N–C) groups is 1. The Morgan fingerprint density at radius 3 is 2.47 bits per heavy atom. The number of likely N-dealkylation sites (tertiary alicyclic amines) is 1. The number of hydrogen-bond acceptors (Lipinski definition) is 7. The van der Waals surface area contributed by atoms with Crippen LogP contribution in [-0.4, -0.2) is 64.0 Å². The highest BCUT2D eigenvalue weighted by Crippen LogP contribution is 2.35. The summed E-state index contributed by atoms with van der Waals surface area (Å²) in [5.41, 5.74) is 18.1. The molecular formula is C22H29ClN8O3. The number of amides is 1. The van der Waals surface area contributed by atoms with Crippen LogP contribution in [0, 0.1) is 5.41 Å². The Balaban J connectivity index is 1.68. The van der Waals surface area contributed by atoms with E-state index in [0.29, 0.717) is 19.6 Å². The molecule has 0 bridgehead atoms. The number of nitrogen functional groups attached to an aromatic ring is 2. The van der Waals surface area contributed by atoms with Gasteiger partial charge in [-0.05, 0) is 49.8 Å². The predicted molar refractivity (Wildman–Crippen MR) is 130 cm³/mol. The lowest BCUT2D eigenvalue weighted by atomic mass is 9.74. The monoisotopic (exact) mass is 488 g/mol. The van der Waals surface area contributed by atoms with Gasteiger partial charge in [-0.1, -0.05) is 41.9 Å². The third-order valence-corrected chi connectivity index (χ3v) is 6.31. The number of benzene rings is 1. The molecule has 0 saturated carbocycles. The van der Waals surface area contributed by atoms with Gasteiger partial charge in [0.25, 0.3) is 0 Å². The van der Waals surface area contributed by atoms with Gasteiger partial charge in [0.15, 0.2) is 28.4 Å². The quantitative estimate of drug-likeness (QED) is 0.266. The van der Waals surface area contributed by atoms with E-state index in [1.807, 2.05) is 23.1 Å². The summed E-state index contributed by atoms with van der Waals surface area (Å²) in [6.45, 7) is 1.82. The van der Waals surface area contributed by atoms with Crippen molar-refractivity contribution in [3.8, 4) is 0 Å². The van der Waals surface area contributed by atoms with Gasteiger partial charge < -0.3 is 27.6 Å². The van der Waals surface area contributed by atoms with E-state index < -0.39 is 11.9 Å². The number of aryl methyl sites for hydroxylation is 1. The number of aromatic nitrogens is 2. The number of aliphatic carboxylic acids is 1. The van der Waals surface area contributed by atoms with Crippen LogP contribution in [0.1, 0.15) is 35.3 Å². The van der Waals surface area contributed by atoms with Crippen LogP contribution in [0.4, 0.5) is 11.6 Å². The number of hydrogen-bond donors (Lipinski definition) is 5. The molecule has 0 aliphatic carbocycles. The van der Waals surface area contributed by atoms with Gasteiger partial charge >= 0.3 is 11.9 Å². The van der Waals surface area contributed by atoms with Crippen LogP contribution in [0.5, 0.6) is 0 Å². The van der Waals surface area contributed by atoms with Crippen molar-refractivity contribution >= 4 is 41.1 Å². The van der Waals surface area contributed by atoms with Crippen molar-refractivity contribution in [1.29, 1.82) is 0 Å². The fourth-order valence-electron chi connectivity index (χ4n) is 4.02. The van der Waals surface area contributed by atoms with E-state index in [-0.39, 0.29) is 40.4 Å². The normalized spacial score (nSPS) is 16.2. The molecule has 1 aliphatic heterocycles. The number of nitrogens with two attached hydrogens (primary N) is 3. The molecule has 34 heavy (non-hydrogen) atoms. The van der Waals surface area contributed by atoms with E-state index in [9.17, 15) is 9.59 Å². The minimum Gasteiger partial charge on any atom is -0.480 e. The lowest BCUT2D eigenvalue weighted by Gasteiger charge is -2.42. The maximum absolute atomic E-state index is 12.5. The summed E-state index contributed by atoms with van der Waals surface area (Å²) in [4.78, 5) is 36.9. The minimum atomic E-state index is -0.838. The molecular weight excluding hydrogens is 460 g/mol. The summed E-state index contributed by atoms with van der Waals surface area (Å²) in [6, 6.07) is 10.1. The molecule has 1 saturated heterocycles. The van der Waals surface area contributed by atoms with Gasteiger partial charge in [0.2, 0.25) is 0 Å². The third-order valence-electron chi connectivity index (χ3n) is 6.04. The summed E-state index contributed by atoms with van der Waals surface area (Å²) < 4.78 is 0. The molecule has 0 atom stereocenters. The number of guanidine groups is 1. The third kappa shape index (κ3) is 6.78. The number of carbonyl (C=O) groups excluding carboxylic acids is 1. The minimum absolute atomic E-state index is 0.0207. The number of rotatable bonds is 8. The van der Waals surface area contributed by atoms with E-state index in [0.717, 1.165) is 25.7 Å². The highest BCUT2D eigenvalue weighted by atomic mass is 35.5. The molecule has 12 heteroatoms. The molecule has 2 heterocycles. The van der Waals surface area contributed by atoms with Gasteiger partial charge in [0.1, 0.15) is 0 Å². The zero-order valence-corrected chi connectivity index (χ0v) is 19.5. The number of carbonyl (C=O) groups is 2. The lowest BCUT2D eigenvalue weighted by Crippen LogP contribution is -2.48. The second-order valence-corrected chi connectivity index (χ2v) is 8.80.